The summed E-state index contributed by atoms with van der Waals surface area (Å²) < 4.78 is 1.99. The van der Waals surface area contributed by atoms with Gasteiger partial charge in [-0.1, -0.05) is 37.3 Å². The number of hydrogen-bond acceptors (Lipinski definition) is 6. The highest BCUT2D eigenvalue weighted by Crippen LogP contribution is 2.47. The van der Waals surface area contributed by atoms with Gasteiger partial charge in [0.25, 0.3) is 0 Å². The smallest absolute Gasteiger partial charge is 0.330 e. The third-order valence-corrected chi connectivity index (χ3v) is 6.28. The number of nitrogens with one attached hydrogen (secondary N) is 1. The maximum atomic E-state index is 12.0. The Hall–Kier alpha value is -1.93. The third kappa shape index (κ3) is 3.85. The second kappa shape index (κ2) is 8.44. The van der Waals surface area contributed by atoms with Crippen molar-refractivity contribution in [3.8, 4) is 0 Å². The number of likely N-dealkylation sites (tertiary alicyclic amines) is 1. The van der Waals surface area contributed by atoms with E-state index in [0.29, 0.717) is 32.3 Å². The molecule has 0 saturated carbocycles. The summed E-state index contributed by atoms with van der Waals surface area (Å²) in [4.78, 5) is 36.3. The molecule has 0 aromatic heterocycles. The van der Waals surface area contributed by atoms with E-state index in [9.17, 15) is 19.6 Å². The number of nitroso groups, excluding NO2 is 1. The van der Waals surface area contributed by atoms with E-state index in [4.69, 9.17) is 0 Å². The first-order chi connectivity index (χ1) is 12.0. The highest BCUT2D eigenvalue weighted by Gasteiger charge is 2.58. The molecular weight excluding hydrogens is 342 g/mol. The number of benzene rings is 1. The van der Waals surface area contributed by atoms with E-state index in [2.05, 4.69) is 14.8 Å². The molecule has 1 aromatic rings. The molecule has 1 heterocycles. The number of rotatable bonds is 9. The minimum atomic E-state index is -1.51. The fourth-order valence-electron chi connectivity index (χ4n) is 3.65. The second-order valence-electron chi connectivity index (χ2n) is 6.25. The van der Waals surface area contributed by atoms with Gasteiger partial charge >= 0.3 is 5.97 Å². The molecule has 0 aliphatic carbocycles. The van der Waals surface area contributed by atoms with Crippen LogP contribution in [0.25, 0.3) is 0 Å². The van der Waals surface area contributed by atoms with Crippen molar-refractivity contribution in [2.75, 3.05) is 13.1 Å². The number of piperidine rings is 1. The average molecular weight is 365 g/mol. The molecule has 1 fully saturated rings. The zero-order valence-electron chi connectivity index (χ0n) is 14.2. The summed E-state index contributed by atoms with van der Waals surface area (Å²) in [6.45, 7) is 3.73. The lowest BCUT2D eigenvalue weighted by atomic mass is 9.74. The van der Waals surface area contributed by atoms with Crippen LogP contribution in [0.4, 0.5) is 0 Å². The van der Waals surface area contributed by atoms with E-state index >= 15 is 0 Å². The molecule has 1 unspecified atom stereocenters. The molecule has 0 bridgehead atoms. The summed E-state index contributed by atoms with van der Waals surface area (Å²) in [6, 6.07) is 10.0. The normalized spacial score (nSPS) is 19.6. The van der Waals surface area contributed by atoms with Gasteiger partial charge in [0.2, 0.25) is 6.41 Å². The number of nitrogens with zero attached hydrogens (tertiary/aromatic N) is 2. The van der Waals surface area contributed by atoms with Crippen molar-refractivity contribution in [2.45, 2.75) is 43.0 Å². The summed E-state index contributed by atoms with van der Waals surface area (Å²) in [7, 11) is 0. The first kappa shape index (κ1) is 19.4. The number of hydrogen-bond donors (Lipinski definition) is 2. The summed E-state index contributed by atoms with van der Waals surface area (Å²) in [5.74, 6) is -1.13. The van der Waals surface area contributed by atoms with Gasteiger partial charge in [-0.15, -0.1) is 4.91 Å². The number of amides is 1. The van der Waals surface area contributed by atoms with Gasteiger partial charge in [0.05, 0.1) is 4.75 Å². The summed E-state index contributed by atoms with van der Waals surface area (Å²) in [5.41, 5.74) is -0.325. The van der Waals surface area contributed by atoms with E-state index in [0.717, 1.165) is 18.5 Å². The van der Waals surface area contributed by atoms with Crippen molar-refractivity contribution in [2.24, 2.45) is 4.58 Å². The summed E-state index contributed by atoms with van der Waals surface area (Å²) in [6.07, 6.45) is 1.50. The van der Waals surface area contributed by atoms with Crippen LogP contribution in [0.3, 0.4) is 0 Å². The molecule has 1 atom stereocenters. The lowest BCUT2D eigenvalue weighted by molar-refractivity contribution is -0.149. The lowest BCUT2D eigenvalue weighted by Crippen LogP contribution is -2.67. The monoisotopic (exact) mass is 365 g/mol. The SMILES string of the molecule is CCC(NC=O)(C(=O)O)C1(SN=O)CCN(Cc2ccccc2)CC1. The summed E-state index contributed by atoms with van der Waals surface area (Å²) >= 11 is 0.748. The molecule has 2 N–H and O–H groups in total. The molecule has 8 heteroatoms. The van der Waals surface area contributed by atoms with E-state index in [-0.39, 0.29) is 6.42 Å². The van der Waals surface area contributed by atoms with Crippen LogP contribution in [0, 0.1) is 4.91 Å². The highest BCUT2D eigenvalue weighted by atomic mass is 32.2. The molecule has 2 rings (SSSR count). The van der Waals surface area contributed by atoms with E-state index in [1.165, 1.54) is 5.56 Å². The quantitative estimate of drug-likeness (QED) is 0.396. The van der Waals surface area contributed by atoms with Crippen LogP contribution in [-0.4, -0.2) is 45.8 Å². The lowest BCUT2D eigenvalue weighted by Gasteiger charge is -2.49. The summed E-state index contributed by atoms with van der Waals surface area (Å²) in [5, 5.41) is 12.3. The van der Waals surface area contributed by atoms with Crippen LogP contribution in [0.1, 0.15) is 31.7 Å². The predicted octanol–water partition coefficient (Wildman–Crippen LogP) is 2.42. The Kier molecular flexibility index (Phi) is 6.55. The Morgan fingerprint density at radius 1 is 1.40 bits per heavy atom. The first-order valence-corrected chi connectivity index (χ1v) is 9.03. The Morgan fingerprint density at radius 2 is 2.04 bits per heavy atom. The van der Waals surface area contributed by atoms with Crippen molar-refractivity contribution < 1.29 is 14.7 Å². The van der Waals surface area contributed by atoms with E-state index in [1.807, 2.05) is 30.3 Å². The molecule has 25 heavy (non-hydrogen) atoms. The predicted molar refractivity (Wildman–Crippen MR) is 96.9 cm³/mol. The highest BCUT2D eigenvalue weighted by molar-refractivity contribution is 7.99. The molecule has 1 amide bonds. The van der Waals surface area contributed by atoms with Crippen molar-refractivity contribution in [1.29, 1.82) is 0 Å². The van der Waals surface area contributed by atoms with E-state index < -0.39 is 16.3 Å². The van der Waals surface area contributed by atoms with Crippen molar-refractivity contribution in [1.82, 2.24) is 10.2 Å². The van der Waals surface area contributed by atoms with Crippen LogP contribution < -0.4 is 5.32 Å². The molecule has 7 nitrogen and oxygen atoms in total. The second-order valence-corrected chi connectivity index (χ2v) is 7.36. The molecule has 1 saturated heterocycles. The van der Waals surface area contributed by atoms with Gasteiger partial charge in [-0.3, -0.25) is 9.69 Å². The molecular formula is C17H23N3O4S. The molecule has 1 aromatic carbocycles. The Balaban J connectivity index is 2.20. The number of aliphatic carboxylic acids is 1. The van der Waals surface area contributed by atoms with Gasteiger partial charge in [-0.2, -0.15) is 0 Å². The zero-order valence-corrected chi connectivity index (χ0v) is 15.0. The minimum Gasteiger partial charge on any atom is -0.479 e. The Morgan fingerprint density at radius 3 is 2.52 bits per heavy atom. The van der Waals surface area contributed by atoms with Crippen LogP contribution in [0.2, 0.25) is 0 Å². The Labute approximate surface area is 151 Å². The van der Waals surface area contributed by atoms with Crippen molar-refractivity contribution in [3.63, 3.8) is 0 Å². The first-order valence-electron chi connectivity index (χ1n) is 8.25. The van der Waals surface area contributed by atoms with Crippen molar-refractivity contribution >= 4 is 24.3 Å². The van der Waals surface area contributed by atoms with Crippen LogP contribution in [0.15, 0.2) is 34.9 Å². The Bertz CT molecular complexity index is 605. The number of carboxylic acids is 1. The molecule has 0 spiro atoms. The van der Waals surface area contributed by atoms with Gasteiger partial charge in [-0.25, -0.2) is 4.79 Å². The van der Waals surface area contributed by atoms with Crippen LogP contribution in [-0.2, 0) is 16.1 Å². The molecule has 1 aliphatic heterocycles. The number of carbonyl (C=O) groups is 2. The van der Waals surface area contributed by atoms with E-state index in [1.54, 1.807) is 6.92 Å². The topological polar surface area (TPSA) is 99.1 Å². The van der Waals surface area contributed by atoms with Gasteiger partial charge in [0, 0.05) is 23.1 Å². The fourth-order valence-corrected chi connectivity index (χ4v) is 4.60. The maximum Gasteiger partial charge on any atom is 0.330 e. The van der Waals surface area contributed by atoms with Crippen molar-refractivity contribution in [3.05, 3.63) is 40.8 Å². The van der Waals surface area contributed by atoms with Crippen LogP contribution in [0.5, 0.6) is 0 Å². The molecule has 0 radical (unpaired) electrons. The third-order valence-electron chi connectivity index (χ3n) is 5.10. The number of carbonyl (C=O) groups excluding carboxylic acids is 1. The molecule has 1 aliphatic rings. The average Bonchev–Trinajstić information content (AvgIpc) is 2.62. The largest absolute Gasteiger partial charge is 0.479 e. The fraction of sp³-hybridized carbons (Fsp3) is 0.529. The minimum absolute atomic E-state index is 0.183. The molecule has 136 valence electrons. The van der Waals surface area contributed by atoms with Gasteiger partial charge in [0.1, 0.15) is 0 Å². The maximum absolute atomic E-state index is 12.0. The standard InChI is InChI=1S/C17H23N3O4S/c1-2-17(15(22)23,18-13-21)16(25-19-24)8-10-20(11-9-16)12-14-6-4-3-5-7-14/h3-7,13H,2,8-12H2,1H3,(H,18,21)(H,22,23). The van der Waals surface area contributed by atoms with Crippen LogP contribution >= 0.6 is 11.9 Å². The van der Waals surface area contributed by atoms with Gasteiger partial charge in [-0.05, 0) is 37.9 Å². The zero-order chi connectivity index (χ0) is 18.3. The number of carboxylic acid groups (broad SMARTS) is 1. The van der Waals surface area contributed by atoms with Gasteiger partial charge in [0.15, 0.2) is 5.54 Å². The van der Waals surface area contributed by atoms with Gasteiger partial charge < -0.3 is 10.4 Å².